The number of aromatic nitrogens is 2. The summed E-state index contributed by atoms with van der Waals surface area (Å²) in [6.07, 6.45) is 0.721. The number of ether oxygens (including phenoxy) is 2. The molecule has 2 aromatic rings. The lowest BCUT2D eigenvalue weighted by molar-refractivity contribution is -0.140. The second kappa shape index (κ2) is 6.88. The van der Waals surface area contributed by atoms with E-state index in [1.165, 1.54) is 7.11 Å². The summed E-state index contributed by atoms with van der Waals surface area (Å²) in [4.78, 5) is 15.3. The average molecular weight is 290 g/mol. The summed E-state index contributed by atoms with van der Waals surface area (Å²) in [6.45, 7) is 3.95. The maximum Gasteiger partial charge on any atom is 0.306 e. The topological polar surface area (TPSA) is 74.5 Å². The Kier molecular flexibility index (Phi) is 4.92. The van der Waals surface area contributed by atoms with Gasteiger partial charge in [-0.2, -0.15) is 4.98 Å². The van der Waals surface area contributed by atoms with Gasteiger partial charge in [-0.3, -0.25) is 4.79 Å². The van der Waals surface area contributed by atoms with Crippen LogP contribution in [0.4, 0.5) is 0 Å². The first kappa shape index (κ1) is 15.0. The fourth-order valence-electron chi connectivity index (χ4n) is 1.74. The van der Waals surface area contributed by atoms with E-state index >= 15 is 0 Å². The first-order chi connectivity index (χ1) is 10.1. The quantitative estimate of drug-likeness (QED) is 0.761. The van der Waals surface area contributed by atoms with Gasteiger partial charge in [-0.25, -0.2) is 0 Å². The zero-order chi connectivity index (χ0) is 15.2. The number of benzene rings is 1. The molecule has 0 saturated heterocycles. The fourth-order valence-corrected chi connectivity index (χ4v) is 1.74. The first-order valence-corrected chi connectivity index (χ1v) is 6.75. The van der Waals surface area contributed by atoms with Gasteiger partial charge in [-0.15, -0.1) is 0 Å². The molecule has 6 nitrogen and oxygen atoms in total. The monoisotopic (exact) mass is 290 g/mol. The number of hydrogen-bond acceptors (Lipinski definition) is 6. The molecule has 0 fully saturated rings. The molecular weight excluding hydrogens is 272 g/mol. The van der Waals surface area contributed by atoms with Crippen molar-refractivity contribution in [2.24, 2.45) is 0 Å². The van der Waals surface area contributed by atoms with Crippen LogP contribution in [-0.2, 0) is 16.0 Å². The maximum atomic E-state index is 11.1. The van der Waals surface area contributed by atoms with E-state index < -0.39 is 0 Å². The fraction of sp³-hybridized carbons (Fsp3) is 0.400. The number of nitrogens with zero attached hydrogens (tertiary/aromatic N) is 2. The summed E-state index contributed by atoms with van der Waals surface area (Å²) in [5.41, 5.74) is 0.833. The van der Waals surface area contributed by atoms with Gasteiger partial charge in [0.25, 0.3) is 0 Å². The molecule has 0 radical (unpaired) electrons. The van der Waals surface area contributed by atoms with Gasteiger partial charge in [-0.05, 0) is 38.1 Å². The normalized spacial score (nSPS) is 10.7. The number of methoxy groups -OCH3 is 1. The van der Waals surface area contributed by atoms with Crippen LogP contribution in [0, 0.1) is 0 Å². The summed E-state index contributed by atoms with van der Waals surface area (Å²) >= 11 is 0. The molecule has 6 heteroatoms. The number of aryl methyl sites for hydroxylation is 1. The molecule has 0 bridgehead atoms. The van der Waals surface area contributed by atoms with E-state index in [1.807, 2.05) is 38.1 Å². The van der Waals surface area contributed by atoms with Crippen molar-refractivity contribution in [1.29, 1.82) is 0 Å². The second-order valence-electron chi connectivity index (χ2n) is 4.78. The lowest BCUT2D eigenvalue weighted by Crippen LogP contribution is -2.05. The highest BCUT2D eigenvalue weighted by Gasteiger charge is 2.11. The van der Waals surface area contributed by atoms with Crippen LogP contribution in [0.15, 0.2) is 28.8 Å². The summed E-state index contributed by atoms with van der Waals surface area (Å²) in [5.74, 6) is 1.40. The van der Waals surface area contributed by atoms with E-state index in [-0.39, 0.29) is 18.5 Å². The van der Waals surface area contributed by atoms with Crippen LogP contribution in [0.3, 0.4) is 0 Å². The molecule has 1 aromatic carbocycles. The highest BCUT2D eigenvalue weighted by atomic mass is 16.5. The third-order valence-corrected chi connectivity index (χ3v) is 2.72. The average Bonchev–Trinajstić information content (AvgIpc) is 2.94. The molecule has 2 rings (SSSR count). The Morgan fingerprint density at radius 1 is 1.29 bits per heavy atom. The van der Waals surface area contributed by atoms with Gasteiger partial charge in [0.1, 0.15) is 5.75 Å². The van der Waals surface area contributed by atoms with Gasteiger partial charge in [0.15, 0.2) is 0 Å². The smallest absolute Gasteiger partial charge is 0.306 e. The van der Waals surface area contributed by atoms with Crippen LogP contribution in [0.1, 0.15) is 26.2 Å². The van der Waals surface area contributed by atoms with Crippen molar-refractivity contribution in [3.8, 4) is 17.1 Å². The van der Waals surface area contributed by atoms with E-state index in [1.54, 1.807) is 0 Å². The number of carbonyl (C=O) groups excluding carboxylic acids is 1. The number of carbonyl (C=O) groups is 1. The SMILES string of the molecule is COC(=O)CCc1nc(-c2ccc(OC(C)C)cc2)no1. The molecule has 0 spiro atoms. The lowest BCUT2D eigenvalue weighted by atomic mass is 10.2. The molecule has 112 valence electrons. The minimum atomic E-state index is -0.301. The number of esters is 1. The minimum absolute atomic E-state index is 0.131. The van der Waals surface area contributed by atoms with Crippen LogP contribution in [0.2, 0.25) is 0 Å². The molecule has 0 aliphatic carbocycles. The van der Waals surface area contributed by atoms with Crippen LogP contribution in [0.5, 0.6) is 5.75 Å². The zero-order valence-electron chi connectivity index (χ0n) is 12.3. The minimum Gasteiger partial charge on any atom is -0.491 e. The van der Waals surface area contributed by atoms with Crippen molar-refractivity contribution in [3.05, 3.63) is 30.2 Å². The predicted molar refractivity (Wildman–Crippen MR) is 75.8 cm³/mol. The molecule has 0 amide bonds. The molecule has 1 aromatic heterocycles. The Hall–Kier alpha value is -2.37. The Bertz CT molecular complexity index is 590. The Morgan fingerprint density at radius 3 is 2.62 bits per heavy atom. The summed E-state index contributed by atoms with van der Waals surface area (Å²) in [7, 11) is 1.35. The zero-order valence-corrected chi connectivity index (χ0v) is 12.3. The predicted octanol–water partition coefficient (Wildman–Crippen LogP) is 2.63. The highest BCUT2D eigenvalue weighted by Crippen LogP contribution is 2.21. The molecule has 0 aliphatic rings. The first-order valence-electron chi connectivity index (χ1n) is 6.75. The number of hydrogen-bond donors (Lipinski definition) is 0. The van der Waals surface area contributed by atoms with Gasteiger partial charge in [0.05, 0.1) is 19.6 Å². The Balaban J connectivity index is 2.02. The molecule has 0 atom stereocenters. The van der Waals surface area contributed by atoms with E-state index in [4.69, 9.17) is 9.26 Å². The molecule has 0 N–H and O–H groups in total. The lowest BCUT2D eigenvalue weighted by Gasteiger charge is -2.09. The maximum absolute atomic E-state index is 11.1. The van der Waals surface area contributed by atoms with Gasteiger partial charge >= 0.3 is 5.97 Å². The van der Waals surface area contributed by atoms with Gasteiger partial charge < -0.3 is 14.0 Å². The molecule has 0 aliphatic heterocycles. The number of rotatable bonds is 6. The van der Waals surface area contributed by atoms with E-state index in [9.17, 15) is 4.79 Å². The van der Waals surface area contributed by atoms with Crippen LogP contribution >= 0.6 is 0 Å². The largest absolute Gasteiger partial charge is 0.491 e. The second-order valence-corrected chi connectivity index (χ2v) is 4.78. The summed E-state index contributed by atoms with van der Waals surface area (Å²) in [6, 6.07) is 7.46. The van der Waals surface area contributed by atoms with Crippen LogP contribution < -0.4 is 4.74 Å². The van der Waals surface area contributed by atoms with Gasteiger partial charge in [0.2, 0.25) is 11.7 Å². The molecule has 21 heavy (non-hydrogen) atoms. The van der Waals surface area contributed by atoms with Crippen molar-refractivity contribution in [2.45, 2.75) is 32.8 Å². The van der Waals surface area contributed by atoms with Gasteiger partial charge in [0, 0.05) is 12.0 Å². The molecule has 1 heterocycles. The summed E-state index contributed by atoms with van der Waals surface area (Å²) in [5, 5.41) is 3.90. The van der Waals surface area contributed by atoms with Crippen molar-refractivity contribution >= 4 is 5.97 Å². The van der Waals surface area contributed by atoms with E-state index in [2.05, 4.69) is 14.9 Å². The van der Waals surface area contributed by atoms with Crippen molar-refractivity contribution < 1.29 is 18.8 Å². The Labute approximate surface area is 123 Å². The highest BCUT2D eigenvalue weighted by molar-refractivity contribution is 5.69. The molecule has 0 saturated carbocycles. The standard InChI is InChI=1S/C15H18N2O4/c1-10(2)20-12-6-4-11(5-7-12)15-16-13(21-17-15)8-9-14(18)19-3/h4-7,10H,8-9H2,1-3H3. The molecular formula is C15H18N2O4. The van der Waals surface area contributed by atoms with Crippen molar-refractivity contribution in [2.75, 3.05) is 7.11 Å². The Morgan fingerprint density at radius 2 is 2.00 bits per heavy atom. The van der Waals surface area contributed by atoms with Crippen molar-refractivity contribution in [1.82, 2.24) is 10.1 Å². The van der Waals surface area contributed by atoms with E-state index in [0.29, 0.717) is 18.1 Å². The molecule has 0 unspecified atom stereocenters. The van der Waals surface area contributed by atoms with Crippen LogP contribution in [-0.4, -0.2) is 29.3 Å². The summed E-state index contributed by atoms with van der Waals surface area (Å²) < 4.78 is 15.2. The van der Waals surface area contributed by atoms with Gasteiger partial charge in [-0.1, -0.05) is 5.16 Å². The van der Waals surface area contributed by atoms with Crippen molar-refractivity contribution in [3.63, 3.8) is 0 Å². The third kappa shape index (κ3) is 4.30. The van der Waals surface area contributed by atoms with Crippen LogP contribution in [0.25, 0.3) is 11.4 Å². The third-order valence-electron chi connectivity index (χ3n) is 2.72. The van der Waals surface area contributed by atoms with E-state index in [0.717, 1.165) is 11.3 Å².